The first-order valence-electron chi connectivity index (χ1n) is 8.72. The van der Waals surface area contributed by atoms with Crippen LogP contribution in [0.2, 0.25) is 0 Å². The van der Waals surface area contributed by atoms with E-state index in [1.807, 2.05) is 0 Å². The third-order valence-corrected chi connectivity index (χ3v) is 4.40. The summed E-state index contributed by atoms with van der Waals surface area (Å²) in [4.78, 5) is 25.8. The molecular formula is C19H22F3N3O3. The predicted molar refractivity (Wildman–Crippen MR) is 97.0 cm³/mol. The van der Waals surface area contributed by atoms with Crippen LogP contribution in [0.4, 0.5) is 18.9 Å². The molecule has 0 unspecified atom stereocenters. The van der Waals surface area contributed by atoms with Crippen LogP contribution in [0.25, 0.3) is 0 Å². The quantitative estimate of drug-likeness (QED) is 0.800. The molecule has 6 nitrogen and oxygen atoms in total. The number of aryl methyl sites for hydroxylation is 2. The average Bonchev–Trinajstić information content (AvgIpc) is 2.95. The zero-order valence-electron chi connectivity index (χ0n) is 16.1. The number of alkyl halides is 3. The van der Waals surface area contributed by atoms with Gasteiger partial charge >= 0.3 is 6.18 Å². The van der Waals surface area contributed by atoms with Gasteiger partial charge in [0, 0.05) is 36.8 Å². The van der Waals surface area contributed by atoms with Gasteiger partial charge in [0.05, 0.1) is 11.3 Å². The van der Waals surface area contributed by atoms with Gasteiger partial charge in [-0.05, 0) is 45.4 Å². The minimum atomic E-state index is -4.64. The molecule has 0 atom stereocenters. The fourth-order valence-corrected chi connectivity index (χ4v) is 2.67. The molecule has 0 aliphatic heterocycles. The monoisotopic (exact) mass is 397 g/mol. The lowest BCUT2D eigenvalue weighted by Crippen LogP contribution is -2.27. The predicted octanol–water partition coefficient (Wildman–Crippen LogP) is 3.97. The van der Waals surface area contributed by atoms with E-state index in [9.17, 15) is 22.8 Å². The van der Waals surface area contributed by atoms with Crippen molar-refractivity contribution in [2.45, 2.75) is 39.8 Å². The second-order valence-electron chi connectivity index (χ2n) is 6.47. The number of anilines is 1. The molecule has 152 valence electrons. The molecule has 0 saturated heterocycles. The number of nitrogens with zero attached hydrogens (tertiary/aromatic N) is 2. The van der Waals surface area contributed by atoms with E-state index in [0.29, 0.717) is 24.4 Å². The Labute approximate surface area is 160 Å². The van der Waals surface area contributed by atoms with Crippen LogP contribution < -0.4 is 5.32 Å². The highest BCUT2D eigenvalue weighted by Gasteiger charge is 2.32. The Kier molecular flexibility index (Phi) is 6.48. The molecular weight excluding hydrogens is 375 g/mol. The fraction of sp³-hybridized carbons (Fsp3) is 0.421. The fourth-order valence-electron chi connectivity index (χ4n) is 2.67. The molecule has 0 spiro atoms. The van der Waals surface area contributed by atoms with Gasteiger partial charge in [-0.15, -0.1) is 0 Å². The van der Waals surface area contributed by atoms with Crippen molar-refractivity contribution >= 4 is 17.5 Å². The van der Waals surface area contributed by atoms with Crippen molar-refractivity contribution in [2.75, 3.05) is 18.9 Å². The number of carbonyl (C=O) groups excluding carboxylic acids is 2. The molecule has 2 amide bonds. The van der Waals surface area contributed by atoms with Crippen molar-refractivity contribution in [1.29, 1.82) is 0 Å². The zero-order chi connectivity index (χ0) is 21.1. The molecule has 9 heteroatoms. The number of hydrogen-bond acceptors (Lipinski definition) is 4. The number of amides is 2. The van der Waals surface area contributed by atoms with Crippen LogP contribution in [-0.4, -0.2) is 35.5 Å². The lowest BCUT2D eigenvalue weighted by Gasteiger charge is -2.17. The molecule has 0 fully saturated rings. The Balaban J connectivity index is 2.21. The SMILES string of the molecule is CCN(C)C(=O)c1cc(NC(=O)CCc2c(C)noc2C)cc(C(F)(F)F)c1. The van der Waals surface area contributed by atoms with E-state index >= 15 is 0 Å². The Morgan fingerprint density at radius 3 is 2.43 bits per heavy atom. The number of rotatable bonds is 6. The van der Waals surface area contributed by atoms with Gasteiger partial charge in [0.25, 0.3) is 5.91 Å². The van der Waals surface area contributed by atoms with Gasteiger partial charge in [0.1, 0.15) is 5.76 Å². The molecule has 1 N–H and O–H groups in total. The van der Waals surface area contributed by atoms with Crippen molar-refractivity contribution in [3.05, 3.63) is 46.3 Å². The molecule has 2 rings (SSSR count). The first-order valence-corrected chi connectivity index (χ1v) is 8.72. The van der Waals surface area contributed by atoms with E-state index in [1.54, 1.807) is 20.8 Å². The van der Waals surface area contributed by atoms with Gasteiger partial charge in [-0.25, -0.2) is 0 Å². The molecule has 1 aromatic carbocycles. The van der Waals surface area contributed by atoms with Gasteiger partial charge in [-0.1, -0.05) is 5.16 Å². The highest BCUT2D eigenvalue weighted by atomic mass is 19.4. The Hall–Kier alpha value is -2.84. The Morgan fingerprint density at radius 1 is 1.21 bits per heavy atom. The second-order valence-corrected chi connectivity index (χ2v) is 6.47. The lowest BCUT2D eigenvalue weighted by atomic mass is 10.1. The summed E-state index contributed by atoms with van der Waals surface area (Å²) in [6, 6.07) is 2.85. The Bertz CT molecular complexity index is 856. The van der Waals surface area contributed by atoms with Crippen LogP contribution in [0, 0.1) is 13.8 Å². The molecule has 0 saturated carbocycles. The molecule has 0 bridgehead atoms. The number of benzene rings is 1. The summed E-state index contributed by atoms with van der Waals surface area (Å²) >= 11 is 0. The lowest BCUT2D eigenvalue weighted by molar-refractivity contribution is -0.137. The van der Waals surface area contributed by atoms with Crippen LogP contribution in [-0.2, 0) is 17.4 Å². The van der Waals surface area contributed by atoms with Crippen molar-refractivity contribution in [3.8, 4) is 0 Å². The third-order valence-electron chi connectivity index (χ3n) is 4.40. The van der Waals surface area contributed by atoms with Gasteiger partial charge in [-0.2, -0.15) is 13.2 Å². The molecule has 0 aliphatic carbocycles. The normalized spacial score (nSPS) is 11.4. The van der Waals surface area contributed by atoms with Gasteiger partial charge in [-0.3, -0.25) is 9.59 Å². The summed E-state index contributed by atoms with van der Waals surface area (Å²) in [5.41, 5.74) is 0.245. The van der Waals surface area contributed by atoms with E-state index in [4.69, 9.17) is 4.52 Å². The smallest absolute Gasteiger partial charge is 0.361 e. The largest absolute Gasteiger partial charge is 0.416 e. The van der Waals surface area contributed by atoms with Gasteiger partial charge in [0.2, 0.25) is 5.91 Å². The summed E-state index contributed by atoms with van der Waals surface area (Å²) in [5, 5.41) is 6.25. The topological polar surface area (TPSA) is 75.4 Å². The number of hydrogen-bond donors (Lipinski definition) is 1. The maximum atomic E-state index is 13.2. The summed E-state index contributed by atoms with van der Waals surface area (Å²) in [5.74, 6) is -0.429. The van der Waals surface area contributed by atoms with Crippen molar-refractivity contribution in [1.82, 2.24) is 10.1 Å². The number of halogens is 3. The van der Waals surface area contributed by atoms with Gasteiger partial charge < -0.3 is 14.7 Å². The third kappa shape index (κ3) is 5.11. The van der Waals surface area contributed by atoms with Crippen LogP contribution in [0.1, 0.15) is 46.3 Å². The van der Waals surface area contributed by atoms with E-state index in [1.165, 1.54) is 18.0 Å². The summed E-state index contributed by atoms with van der Waals surface area (Å²) in [6.07, 6.45) is -4.26. The molecule has 1 aromatic heterocycles. The molecule has 0 aliphatic rings. The highest BCUT2D eigenvalue weighted by molar-refractivity contribution is 5.97. The Morgan fingerprint density at radius 2 is 1.89 bits per heavy atom. The number of carbonyl (C=O) groups is 2. The van der Waals surface area contributed by atoms with Crippen LogP contribution in [0.5, 0.6) is 0 Å². The van der Waals surface area contributed by atoms with Gasteiger partial charge in [0.15, 0.2) is 0 Å². The minimum Gasteiger partial charge on any atom is -0.361 e. The number of aromatic nitrogens is 1. The van der Waals surface area contributed by atoms with E-state index < -0.39 is 23.6 Å². The first kappa shape index (κ1) is 21.5. The molecule has 0 radical (unpaired) electrons. The van der Waals surface area contributed by atoms with Crippen LogP contribution in [0.15, 0.2) is 22.7 Å². The second kappa shape index (κ2) is 8.45. The summed E-state index contributed by atoms with van der Waals surface area (Å²) in [7, 11) is 1.49. The molecule has 1 heterocycles. The van der Waals surface area contributed by atoms with Crippen molar-refractivity contribution < 1.29 is 27.3 Å². The van der Waals surface area contributed by atoms with Crippen LogP contribution in [0.3, 0.4) is 0 Å². The standard InChI is InChI=1S/C19H22F3N3O3/c1-5-25(4)18(27)13-8-14(19(20,21)22)10-15(9-13)23-17(26)7-6-16-11(2)24-28-12(16)3/h8-10H,5-7H2,1-4H3,(H,23,26). The van der Waals surface area contributed by atoms with E-state index in [0.717, 1.165) is 17.7 Å². The van der Waals surface area contributed by atoms with Crippen molar-refractivity contribution in [2.24, 2.45) is 0 Å². The maximum absolute atomic E-state index is 13.2. The van der Waals surface area contributed by atoms with Crippen LogP contribution >= 0.6 is 0 Å². The van der Waals surface area contributed by atoms with Crippen molar-refractivity contribution in [3.63, 3.8) is 0 Å². The van der Waals surface area contributed by atoms with E-state index in [2.05, 4.69) is 10.5 Å². The first-order chi connectivity index (χ1) is 13.0. The number of nitrogens with one attached hydrogen (secondary N) is 1. The maximum Gasteiger partial charge on any atom is 0.416 e. The highest BCUT2D eigenvalue weighted by Crippen LogP contribution is 2.32. The average molecular weight is 397 g/mol. The van der Waals surface area contributed by atoms with E-state index in [-0.39, 0.29) is 17.7 Å². The minimum absolute atomic E-state index is 0.0390. The molecule has 28 heavy (non-hydrogen) atoms. The summed E-state index contributed by atoms with van der Waals surface area (Å²) < 4.78 is 44.6. The molecule has 2 aromatic rings. The summed E-state index contributed by atoms with van der Waals surface area (Å²) in [6.45, 7) is 5.53. The zero-order valence-corrected chi connectivity index (χ0v) is 16.1.